The maximum atomic E-state index is 13.6. The van der Waals surface area contributed by atoms with Gasteiger partial charge in [-0.3, -0.25) is 4.79 Å². The number of fused-ring (bicyclic) bond motifs is 3. The Morgan fingerprint density at radius 2 is 2.33 bits per heavy atom. The van der Waals surface area contributed by atoms with Crippen molar-refractivity contribution in [3.8, 4) is 0 Å². The zero-order chi connectivity index (χ0) is 12.7. The van der Waals surface area contributed by atoms with Crippen molar-refractivity contribution in [1.29, 1.82) is 0 Å². The van der Waals surface area contributed by atoms with Gasteiger partial charge in [-0.1, -0.05) is 0 Å². The van der Waals surface area contributed by atoms with Crippen molar-refractivity contribution >= 4 is 17.3 Å². The molecule has 4 nitrogen and oxygen atoms in total. The number of carbonyl (C=O) groups excluding carboxylic acids is 1. The van der Waals surface area contributed by atoms with Crippen LogP contribution in [0.4, 0.5) is 15.8 Å². The molecule has 0 saturated carbocycles. The van der Waals surface area contributed by atoms with E-state index in [-0.39, 0.29) is 17.8 Å². The molecule has 1 aromatic rings. The molecule has 1 N–H and O–H groups in total. The molecular formula is C13H15FN2O2. The molecule has 3 rings (SSSR count). The van der Waals surface area contributed by atoms with Crippen LogP contribution in [0.15, 0.2) is 12.1 Å². The Balaban J connectivity index is 2.09. The molecule has 1 aromatic carbocycles. The first-order valence-corrected chi connectivity index (χ1v) is 6.09. The second-order valence-corrected chi connectivity index (χ2v) is 4.79. The van der Waals surface area contributed by atoms with E-state index in [0.29, 0.717) is 30.9 Å². The highest BCUT2D eigenvalue weighted by molar-refractivity contribution is 5.97. The topological polar surface area (TPSA) is 41.6 Å². The third-order valence-corrected chi connectivity index (χ3v) is 3.51. The van der Waals surface area contributed by atoms with Crippen molar-refractivity contribution in [2.75, 3.05) is 30.0 Å². The normalized spacial score (nSPS) is 22.9. The maximum absolute atomic E-state index is 13.6. The molecule has 1 amide bonds. The SMILES string of the molecule is Cc1cc2c(cc1F)NC(=O)CC1COCCN21. The number of rotatable bonds is 0. The summed E-state index contributed by atoms with van der Waals surface area (Å²) in [5.41, 5.74) is 2.05. The molecular weight excluding hydrogens is 235 g/mol. The predicted octanol–water partition coefficient (Wildman–Crippen LogP) is 1.68. The number of aryl methyl sites for hydroxylation is 1. The third kappa shape index (κ3) is 1.84. The van der Waals surface area contributed by atoms with Crippen molar-refractivity contribution in [2.45, 2.75) is 19.4 Å². The van der Waals surface area contributed by atoms with Gasteiger partial charge in [0.05, 0.1) is 30.6 Å². The van der Waals surface area contributed by atoms with E-state index in [1.54, 1.807) is 13.0 Å². The zero-order valence-corrected chi connectivity index (χ0v) is 10.2. The van der Waals surface area contributed by atoms with Gasteiger partial charge in [-0.05, 0) is 24.6 Å². The van der Waals surface area contributed by atoms with E-state index in [2.05, 4.69) is 10.2 Å². The molecule has 1 fully saturated rings. The summed E-state index contributed by atoms with van der Waals surface area (Å²) in [5, 5.41) is 2.77. The monoisotopic (exact) mass is 250 g/mol. The molecule has 0 aliphatic carbocycles. The van der Waals surface area contributed by atoms with Crippen LogP contribution in [0.2, 0.25) is 0 Å². The lowest BCUT2D eigenvalue weighted by molar-refractivity contribution is -0.116. The minimum atomic E-state index is -0.291. The summed E-state index contributed by atoms with van der Waals surface area (Å²) in [4.78, 5) is 13.9. The van der Waals surface area contributed by atoms with Gasteiger partial charge in [0.2, 0.25) is 5.91 Å². The molecule has 2 heterocycles. The number of carbonyl (C=O) groups is 1. The van der Waals surface area contributed by atoms with Gasteiger partial charge in [0.25, 0.3) is 0 Å². The zero-order valence-electron chi connectivity index (χ0n) is 10.2. The molecule has 2 aliphatic rings. The first-order valence-electron chi connectivity index (χ1n) is 6.09. The highest BCUT2D eigenvalue weighted by atomic mass is 19.1. The molecule has 0 bridgehead atoms. The van der Waals surface area contributed by atoms with Gasteiger partial charge < -0.3 is 15.0 Å². The van der Waals surface area contributed by atoms with Crippen molar-refractivity contribution in [3.63, 3.8) is 0 Å². The van der Waals surface area contributed by atoms with Gasteiger partial charge in [-0.25, -0.2) is 4.39 Å². The van der Waals surface area contributed by atoms with Crippen molar-refractivity contribution in [1.82, 2.24) is 0 Å². The second-order valence-electron chi connectivity index (χ2n) is 4.79. The number of hydrogen-bond acceptors (Lipinski definition) is 3. The summed E-state index contributed by atoms with van der Waals surface area (Å²) in [7, 11) is 0. The van der Waals surface area contributed by atoms with Crippen LogP contribution in [0.1, 0.15) is 12.0 Å². The fraction of sp³-hybridized carbons (Fsp3) is 0.462. The quantitative estimate of drug-likeness (QED) is 0.761. The van der Waals surface area contributed by atoms with E-state index in [0.717, 1.165) is 12.2 Å². The molecule has 1 atom stereocenters. The molecule has 1 unspecified atom stereocenters. The fourth-order valence-corrected chi connectivity index (χ4v) is 2.56. The molecule has 2 aliphatic heterocycles. The van der Waals surface area contributed by atoms with Gasteiger partial charge in [0.15, 0.2) is 0 Å². The van der Waals surface area contributed by atoms with Crippen LogP contribution < -0.4 is 10.2 Å². The lowest BCUT2D eigenvalue weighted by Crippen LogP contribution is -2.45. The summed E-state index contributed by atoms with van der Waals surface area (Å²) in [6.07, 6.45) is 0.384. The summed E-state index contributed by atoms with van der Waals surface area (Å²) < 4.78 is 19.0. The largest absolute Gasteiger partial charge is 0.377 e. The van der Waals surface area contributed by atoms with Crippen molar-refractivity contribution < 1.29 is 13.9 Å². The molecule has 18 heavy (non-hydrogen) atoms. The minimum Gasteiger partial charge on any atom is -0.377 e. The minimum absolute atomic E-state index is 0.0462. The van der Waals surface area contributed by atoms with Crippen molar-refractivity contribution in [3.05, 3.63) is 23.5 Å². The molecule has 1 saturated heterocycles. The van der Waals surface area contributed by atoms with Crippen LogP contribution in [0, 0.1) is 12.7 Å². The Morgan fingerprint density at radius 1 is 1.50 bits per heavy atom. The highest BCUT2D eigenvalue weighted by Gasteiger charge is 2.31. The van der Waals surface area contributed by atoms with E-state index >= 15 is 0 Å². The van der Waals surface area contributed by atoms with Gasteiger partial charge in [0, 0.05) is 13.0 Å². The smallest absolute Gasteiger partial charge is 0.226 e. The van der Waals surface area contributed by atoms with E-state index in [9.17, 15) is 9.18 Å². The van der Waals surface area contributed by atoms with Gasteiger partial charge in [-0.15, -0.1) is 0 Å². The van der Waals surface area contributed by atoms with E-state index in [1.807, 2.05) is 0 Å². The average molecular weight is 250 g/mol. The molecule has 96 valence electrons. The summed E-state index contributed by atoms with van der Waals surface area (Å²) in [6.45, 7) is 3.65. The number of morpholine rings is 1. The lowest BCUT2D eigenvalue weighted by atomic mass is 10.1. The number of nitrogens with one attached hydrogen (secondary N) is 1. The predicted molar refractivity (Wildman–Crippen MR) is 66.3 cm³/mol. The van der Waals surface area contributed by atoms with E-state index < -0.39 is 0 Å². The Labute approximate surface area is 105 Å². The summed E-state index contributed by atoms with van der Waals surface area (Å²) in [6, 6.07) is 3.25. The van der Waals surface area contributed by atoms with Crippen LogP contribution in [-0.2, 0) is 9.53 Å². The lowest BCUT2D eigenvalue weighted by Gasteiger charge is -2.36. The Hall–Kier alpha value is -1.62. The van der Waals surface area contributed by atoms with Crippen LogP contribution in [-0.4, -0.2) is 31.7 Å². The highest BCUT2D eigenvalue weighted by Crippen LogP contribution is 2.34. The second kappa shape index (κ2) is 4.24. The van der Waals surface area contributed by atoms with Gasteiger partial charge >= 0.3 is 0 Å². The van der Waals surface area contributed by atoms with Crippen LogP contribution >= 0.6 is 0 Å². The van der Waals surface area contributed by atoms with Gasteiger partial charge in [-0.2, -0.15) is 0 Å². The number of ether oxygens (including phenoxy) is 1. The van der Waals surface area contributed by atoms with E-state index in [4.69, 9.17) is 4.74 Å². The number of benzene rings is 1. The Morgan fingerprint density at radius 3 is 3.17 bits per heavy atom. The first kappa shape index (κ1) is 11.5. The van der Waals surface area contributed by atoms with Gasteiger partial charge in [0.1, 0.15) is 5.82 Å². The standard InChI is InChI=1S/C13H15FN2O2/c1-8-4-12-11(6-10(8)14)15-13(17)5-9-7-18-3-2-16(9)12/h4,6,9H,2-3,5,7H2,1H3,(H,15,17). The van der Waals surface area contributed by atoms with Crippen LogP contribution in [0.25, 0.3) is 0 Å². The van der Waals surface area contributed by atoms with Crippen molar-refractivity contribution in [2.24, 2.45) is 0 Å². The molecule has 0 aromatic heterocycles. The number of nitrogens with zero attached hydrogens (tertiary/aromatic N) is 1. The Bertz CT molecular complexity index is 504. The molecule has 0 radical (unpaired) electrons. The fourth-order valence-electron chi connectivity index (χ4n) is 2.56. The summed E-state index contributed by atoms with van der Waals surface area (Å²) in [5.74, 6) is -0.377. The number of anilines is 2. The number of hydrogen-bond donors (Lipinski definition) is 1. The average Bonchev–Trinajstić information content (AvgIpc) is 2.46. The summed E-state index contributed by atoms with van der Waals surface area (Å²) >= 11 is 0. The van der Waals surface area contributed by atoms with E-state index in [1.165, 1.54) is 6.07 Å². The molecule has 5 heteroatoms. The number of amides is 1. The number of halogens is 1. The van der Waals surface area contributed by atoms with Crippen LogP contribution in [0.5, 0.6) is 0 Å². The third-order valence-electron chi connectivity index (χ3n) is 3.51. The Kier molecular flexibility index (Phi) is 2.70. The van der Waals surface area contributed by atoms with Crippen LogP contribution in [0.3, 0.4) is 0 Å². The first-order chi connectivity index (χ1) is 8.65. The maximum Gasteiger partial charge on any atom is 0.226 e. The molecule has 0 spiro atoms.